The van der Waals surface area contributed by atoms with Crippen LogP contribution in [0, 0.1) is 5.92 Å². The van der Waals surface area contributed by atoms with Crippen molar-refractivity contribution in [3.63, 3.8) is 0 Å². The van der Waals surface area contributed by atoms with Crippen LogP contribution in [-0.2, 0) is 11.3 Å². The quantitative estimate of drug-likeness (QED) is 0.805. The number of ether oxygens (including phenoxy) is 1. The minimum Gasteiger partial charge on any atom is -0.444 e. The first-order chi connectivity index (χ1) is 10.1. The summed E-state index contributed by atoms with van der Waals surface area (Å²) in [7, 11) is 0. The van der Waals surface area contributed by atoms with Crippen molar-refractivity contribution >= 4 is 17.6 Å². The predicted molar refractivity (Wildman–Crippen MR) is 88.8 cm³/mol. The molecule has 0 aliphatic carbocycles. The maximum Gasteiger partial charge on any atom is 0.407 e. The number of carbonyl (C=O) groups excluding carboxylic acids is 1. The number of amides is 1. The normalized spacial score (nSPS) is 14.7. The van der Waals surface area contributed by atoms with Crippen LogP contribution in [0.15, 0.2) is 5.38 Å². The lowest BCUT2D eigenvalue weighted by Crippen LogP contribution is -2.52. The summed E-state index contributed by atoms with van der Waals surface area (Å²) in [5, 5.41) is 12.3. The Bertz CT molecular complexity index is 457. The molecule has 0 aromatic carbocycles. The van der Waals surface area contributed by atoms with E-state index in [0.29, 0.717) is 19.0 Å². The molecule has 22 heavy (non-hydrogen) atoms. The van der Waals surface area contributed by atoms with Gasteiger partial charge in [0, 0.05) is 24.0 Å². The van der Waals surface area contributed by atoms with Crippen LogP contribution in [0.4, 0.5) is 4.79 Å². The Kier molecular flexibility index (Phi) is 6.74. The summed E-state index contributed by atoms with van der Waals surface area (Å²) < 4.78 is 9.15. The molecule has 2 N–H and O–H groups in total. The Morgan fingerprint density at radius 2 is 2.05 bits per heavy atom. The van der Waals surface area contributed by atoms with Crippen molar-refractivity contribution in [3.8, 4) is 0 Å². The van der Waals surface area contributed by atoms with Crippen LogP contribution < -0.4 is 10.6 Å². The fourth-order valence-electron chi connectivity index (χ4n) is 2.25. The van der Waals surface area contributed by atoms with Crippen molar-refractivity contribution in [2.24, 2.45) is 5.92 Å². The molecule has 0 radical (unpaired) electrons. The number of alkyl carbamates (subject to hydrolysis) is 1. The number of carbonyl (C=O) groups is 1. The molecule has 0 fully saturated rings. The van der Waals surface area contributed by atoms with E-state index in [2.05, 4.69) is 41.0 Å². The molecule has 126 valence electrons. The maximum atomic E-state index is 11.8. The second-order valence-electron chi connectivity index (χ2n) is 7.26. The van der Waals surface area contributed by atoms with Gasteiger partial charge in [-0.3, -0.25) is 0 Å². The molecule has 0 aliphatic heterocycles. The summed E-state index contributed by atoms with van der Waals surface area (Å²) in [6, 6.07) is 0. The van der Waals surface area contributed by atoms with Crippen LogP contribution in [0.25, 0.3) is 0 Å². The third-order valence-corrected chi connectivity index (χ3v) is 3.54. The lowest BCUT2D eigenvalue weighted by Gasteiger charge is -2.33. The highest BCUT2D eigenvalue weighted by atomic mass is 32.1. The van der Waals surface area contributed by atoms with E-state index in [4.69, 9.17) is 4.74 Å². The highest BCUT2D eigenvalue weighted by Crippen LogP contribution is 2.17. The Hall–Kier alpha value is -1.21. The van der Waals surface area contributed by atoms with Gasteiger partial charge in [-0.05, 0) is 51.6 Å². The molecule has 0 saturated heterocycles. The topological polar surface area (TPSA) is 76.1 Å². The van der Waals surface area contributed by atoms with Gasteiger partial charge in [-0.2, -0.15) is 0 Å². The third kappa shape index (κ3) is 7.70. The Balaban J connectivity index is 2.56. The van der Waals surface area contributed by atoms with Crippen molar-refractivity contribution in [2.45, 2.75) is 65.6 Å². The molecule has 6 nitrogen and oxygen atoms in total. The monoisotopic (exact) mass is 328 g/mol. The van der Waals surface area contributed by atoms with Crippen molar-refractivity contribution in [2.75, 3.05) is 6.54 Å². The number of rotatable bonds is 7. The zero-order chi connectivity index (χ0) is 16.8. The molecule has 0 saturated carbocycles. The minimum absolute atomic E-state index is 0.227. The van der Waals surface area contributed by atoms with Gasteiger partial charge < -0.3 is 15.4 Å². The lowest BCUT2D eigenvalue weighted by atomic mass is 9.90. The maximum absolute atomic E-state index is 11.8. The highest BCUT2D eigenvalue weighted by molar-refractivity contribution is 7.03. The van der Waals surface area contributed by atoms with Gasteiger partial charge in [0.1, 0.15) is 5.60 Å². The van der Waals surface area contributed by atoms with Gasteiger partial charge in [-0.1, -0.05) is 18.3 Å². The average molecular weight is 328 g/mol. The smallest absolute Gasteiger partial charge is 0.407 e. The van der Waals surface area contributed by atoms with Crippen LogP contribution in [0.5, 0.6) is 0 Å². The molecule has 1 heterocycles. The molecule has 0 spiro atoms. The standard InChI is InChI=1S/C15H28N4O2S/c1-11(2)7-15(6,17-8-12-9-22-19-18-12)10-16-13(20)21-14(3,4)5/h9,11,17H,7-8,10H2,1-6H3,(H,16,20)/t15-/m0/s1. The van der Waals surface area contributed by atoms with Crippen LogP contribution in [0.1, 0.15) is 53.7 Å². The molecule has 1 atom stereocenters. The predicted octanol–water partition coefficient (Wildman–Crippen LogP) is 2.96. The van der Waals surface area contributed by atoms with Gasteiger partial charge in [0.2, 0.25) is 0 Å². The van der Waals surface area contributed by atoms with Gasteiger partial charge in [0.15, 0.2) is 0 Å². The number of hydrogen-bond acceptors (Lipinski definition) is 6. The van der Waals surface area contributed by atoms with Crippen molar-refractivity contribution in [3.05, 3.63) is 11.1 Å². The summed E-state index contributed by atoms with van der Waals surface area (Å²) in [6.45, 7) is 13.1. The molecule has 0 aliphatic rings. The van der Waals surface area contributed by atoms with Crippen molar-refractivity contribution in [1.82, 2.24) is 20.2 Å². The molecule has 7 heteroatoms. The second-order valence-corrected chi connectivity index (χ2v) is 7.87. The average Bonchev–Trinajstić information content (AvgIpc) is 2.84. The summed E-state index contributed by atoms with van der Waals surface area (Å²) >= 11 is 1.34. The van der Waals surface area contributed by atoms with E-state index in [9.17, 15) is 4.79 Å². The third-order valence-electron chi connectivity index (χ3n) is 2.98. The van der Waals surface area contributed by atoms with E-state index in [1.54, 1.807) is 0 Å². The van der Waals surface area contributed by atoms with Gasteiger partial charge in [0.05, 0.1) is 5.69 Å². The molecular formula is C15H28N4O2S. The van der Waals surface area contributed by atoms with Crippen molar-refractivity contribution < 1.29 is 9.53 Å². The fraction of sp³-hybridized carbons (Fsp3) is 0.800. The van der Waals surface area contributed by atoms with Gasteiger partial charge in [-0.25, -0.2) is 4.79 Å². The van der Waals surface area contributed by atoms with Gasteiger partial charge >= 0.3 is 6.09 Å². The van der Waals surface area contributed by atoms with E-state index >= 15 is 0 Å². The molecule has 1 rings (SSSR count). The Morgan fingerprint density at radius 3 is 2.55 bits per heavy atom. The second kappa shape index (κ2) is 7.87. The van der Waals surface area contributed by atoms with Gasteiger partial charge in [0.25, 0.3) is 0 Å². The minimum atomic E-state index is -0.488. The zero-order valence-electron chi connectivity index (χ0n) is 14.4. The first kappa shape index (κ1) is 18.8. The molecule has 0 bridgehead atoms. The molecule has 1 aromatic heterocycles. The van der Waals surface area contributed by atoms with E-state index < -0.39 is 5.60 Å². The van der Waals surface area contributed by atoms with Crippen LogP contribution in [0.2, 0.25) is 0 Å². The summed E-state index contributed by atoms with van der Waals surface area (Å²) in [4.78, 5) is 11.8. The summed E-state index contributed by atoms with van der Waals surface area (Å²) in [6.07, 6.45) is 0.542. The van der Waals surface area contributed by atoms with E-state index in [0.717, 1.165) is 12.1 Å². The molecular weight excluding hydrogens is 300 g/mol. The van der Waals surface area contributed by atoms with E-state index in [1.807, 2.05) is 26.2 Å². The van der Waals surface area contributed by atoms with Crippen LogP contribution in [0.3, 0.4) is 0 Å². The van der Waals surface area contributed by atoms with Crippen LogP contribution >= 0.6 is 11.5 Å². The summed E-state index contributed by atoms with van der Waals surface area (Å²) in [5.74, 6) is 0.506. The SMILES string of the molecule is CC(C)C[C@@](C)(CNC(=O)OC(C)(C)C)NCc1csnn1. The Labute approximate surface area is 137 Å². The van der Waals surface area contributed by atoms with E-state index in [-0.39, 0.29) is 11.6 Å². The molecule has 1 amide bonds. The largest absolute Gasteiger partial charge is 0.444 e. The zero-order valence-corrected chi connectivity index (χ0v) is 15.2. The first-order valence-electron chi connectivity index (χ1n) is 7.57. The number of nitrogens with zero attached hydrogens (tertiary/aromatic N) is 2. The highest BCUT2D eigenvalue weighted by Gasteiger charge is 2.27. The van der Waals surface area contributed by atoms with Crippen LogP contribution in [-0.4, -0.2) is 33.4 Å². The van der Waals surface area contributed by atoms with Crippen molar-refractivity contribution in [1.29, 1.82) is 0 Å². The first-order valence-corrected chi connectivity index (χ1v) is 8.41. The van der Waals surface area contributed by atoms with E-state index in [1.165, 1.54) is 11.5 Å². The molecule has 0 unspecified atom stereocenters. The number of aromatic nitrogens is 2. The lowest BCUT2D eigenvalue weighted by molar-refractivity contribution is 0.0507. The fourth-order valence-corrected chi connectivity index (χ4v) is 2.71. The Morgan fingerprint density at radius 1 is 1.36 bits per heavy atom. The van der Waals surface area contributed by atoms with Gasteiger partial charge in [-0.15, -0.1) is 5.10 Å². The number of hydrogen-bond donors (Lipinski definition) is 2. The number of nitrogens with one attached hydrogen (secondary N) is 2. The molecule has 1 aromatic rings. The summed E-state index contributed by atoms with van der Waals surface area (Å²) in [5.41, 5.74) is 0.199.